The Bertz CT molecular complexity index is 1570. The summed E-state index contributed by atoms with van der Waals surface area (Å²) in [5, 5.41) is 4.84. The molecule has 4 aromatic carbocycles. The van der Waals surface area contributed by atoms with Crippen LogP contribution < -0.4 is 0 Å². The number of nitrogens with zero attached hydrogens (tertiary/aromatic N) is 3. The zero-order chi connectivity index (χ0) is 19.5. The molecule has 6 aromatic rings. The molecule has 0 atom stereocenters. The van der Waals surface area contributed by atoms with Crippen molar-refractivity contribution in [2.75, 3.05) is 0 Å². The number of fused-ring (bicyclic) bond motifs is 6. The van der Waals surface area contributed by atoms with E-state index in [2.05, 4.69) is 87.8 Å². The highest BCUT2D eigenvalue weighted by Crippen LogP contribution is 2.35. The number of benzene rings is 4. The summed E-state index contributed by atoms with van der Waals surface area (Å²) in [6, 6.07) is 29.7. The average molecular weight is 371 g/mol. The maximum absolute atomic E-state index is 7.33. The lowest BCUT2D eigenvalue weighted by atomic mass is 10.1. The fourth-order valence-corrected chi connectivity index (χ4v) is 4.60. The van der Waals surface area contributed by atoms with Crippen LogP contribution in [0.5, 0.6) is 0 Å². The van der Waals surface area contributed by atoms with Gasteiger partial charge in [0.2, 0.25) is 0 Å². The fraction of sp³-hybridized carbons (Fsp3) is 0.0385. The minimum Gasteiger partial charge on any atom is -0.344 e. The molecule has 0 N–H and O–H groups in total. The molecule has 136 valence electrons. The summed E-state index contributed by atoms with van der Waals surface area (Å²) in [5.74, 6) is 0. The number of hydrogen-bond donors (Lipinski definition) is 0. The summed E-state index contributed by atoms with van der Waals surface area (Å²) in [4.78, 5) is 3.60. The molecule has 3 heteroatoms. The lowest BCUT2D eigenvalue weighted by Gasteiger charge is -2.09. The second kappa shape index (κ2) is 5.73. The van der Waals surface area contributed by atoms with Gasteiger partial charge >= 0.3 is 0 Å². The molecule has 3 nitrogen and oxygen atoms in total. The predicted molar refractivity (Wildman–Crippen MR) is 121 cm³/mol. The van der Waals surface area contributed by atoms with Crippen molar-refractivity contribution in [3.8, 4) is 5.69 Å². The molecule has 0 aliphatic rings. The Balaban J connectivity index is 1.72. The second-order valence-corrected chi connectivity index (χ2v) is 7.44. The van der Waals surface area contributed by atoms with Crippen molar-refractivity contribution in [2.24, 2.45) is 7.05 Å². The molecule has 0 aliphatic carbocycles. The summed E-state index contributed by atoms with van der Waals surface area (Å²) in [6.45, 7) is 7.33. The Morgan fingerprint density at radius 1 is 0.621 bits per heavy atom. The van der Waals surface area contributed by atoms with Gasteiger partial charge < -0.3 is 9.13 Å². The molecule has 2 aromatic heterocycles. The number of aromatic nitrogens is 2. The SMILES string of the molecule is [C-]#[N+]c1ccc2c(c1)c1ccc(-n3c4ccccc4c4ccccc43)cc1n2C. The standard InChI is InChI=1S/C26H17N3/c1-27-17-11-14-23-22(15-17)21-13-12-18(16-26(21)28(23)2)29-24-9-5-3-7-19(24)20-8-4-6-10-25(20)29/h3-16H,2H3. The summed E-state index contributed by atoms with van der Waals surface area (Å²) >= 11 is 0. The van der Waals surface area contributed by atoms with E-state index >= 15 is 0 Å². The van der Waals surface area contributed by atoms with Crippen LogP contribution in [0.4, 0.5) is 5.69 Å². The van der Waals surface area contributed by atoms with Crippen molar-refractivity contribution in [3.63, 3.8) is 0 Å². The first kappa shape index (κ1) is 16.0. The van der Waals surface area contributed by atoms with Gasteiger partial charge in [0, 0.05) is 34.4 Å². The quantitative estimate of drug-likeness (QED) is 0.277. The van der Waals surface area contributed by atoms with Crippen molar-refractivity contribution >= 4 is 49.3 Å². The largest absolute Gasteiger partial charge is 0.344 e. The van der Waals surface area contributed by atoms with Gasteiger partial charge in [-0.2, -0.15) is 0 Å². The van der Waals surface area contributed by atoms with E-state index in [4.69, 9.17) is 6.57 Å². The Morgan fingerprint density at radius 3 is 1.97 bits per heavy atom. The van der Waals surface area contributed by atoms with E-state index in [1.54, 1.807) is 0 Å². The number of para-hydroxylation sites is 2. The molecule has 0 spiro atoms. The molecule has 0 unspecified atom stereocenters. The van der Waals surface area contributed by atoms with E-state index in [0.29, 0.717) is 5.69 Å². The summed E-state index contributed by atoms with van der Waals surface area (Å²) in [6.07, 6.45) is 0. The Hall–Kier alpha value is -4.03. The van der Waals surface area contributed by atoms with Gasteiger partial charge in [-0.3, -0.25) is 0 Å². The van der Waals surface area contributed by atoms with Gasteiger partial charge in [-0.25, -0.2) is 4.85 Å². The smallest absolute Gasteiger partial charge is 0.188 e. The molecule has 2 heterocycles. The lowest BCUT2D eigenvalue weighted by molar-refractivity contribution is 1.01. The molecule has 0 radical (unpaired) electrons. The maximum atomic E-state index is 7.33. The van der Waals surface area contributed by atoms with Crippen molar-refractivity contribution in [2.45, 2.75) is 0 Å². The van der Waals surface area contributed by atoms with Crippen molar-refractivity contribution < 1.29 is 0 Å². The highest BCUT2D eigenvalue weighted by Gasteiger charge is 2.14. The second-order valence-electron chi connectivity index (χ2n) is 7.44. The summed E-state index contributed by atoms with van der Waals surface area (Å²) < 4.78 is 4.56. The maximum Gasteiger partial charge on any atom is 0.188 e. The van der Waals surface area contributed by atoms with E-state index in [9.17, 15) is 0 Å². The van der Waals surface area contributed by atoms with Crippen LogP contribution in [0.2, 0.25) is 0 Å². The monoisotopic (exact) mass is 371 g/mol. The normalized spacial score (nSPS) is 11.6. The van der Waals surface area contributed by atoms with Crippen LogP contribution in [0.15, 0.2) is 84.9 Å². The minimum atomic E-state index is 0.677. The molecule has 0 saturated heterocycles. The van der Waals surface area contributed by atoms with Gasteiger partial charge in [0.1, 0.15) is 0 Å². The van der Waals surface area contributed by atoms with Crippen molar-refractivity contribution in [1.82, 2.24) is 9.13 Å². The highest BCUT2D eigenvalue weighted by molar-refractivity contribution is 6.11. The van der Waals surface area contributed by atoms with E-state index in [1.165, 1.54) is 32.7 Å². The third-order valence-electron chi connectivity index (χ3n) is 5.94. The molecule has 0 aliphatic heterocycles. The highest BCUT2D eigenvalue weighted by atomic mass is 15.0. The van der Waals surface area contributed by atoms with Crippen LogP contribution in [0, 0.1) is 6.57 Å². The van der Waals surface area contributed by atoms with E-state index < -0.39 is 0 Å². The van der Waals surface area contributed by atoms with E-state index in [0.717, 1.165) is 16.6 Å². The van der Waals surface area contributed by atoms with Gasteiger partial charge in [-0.05, 0) is 41.8 Å². The van der Waals surface area contributed by atoms with Gasteiger partial charge in [0.15, 0.2) is 5.69 Å². The Kier molecular flexibility index (Phi) is 3.16. The van der Waals surface area contributed by atoms with Gasteiger partial charge in [-0.15, -0.1) is 0 Å². The van der Waals surface area contributed by atoms with Crippen LogP contribution in [0.3, 0.4) is 0 Å². The third kappa shape index (κ3) is 2.11. The summed E-state index contributed by atoms with van der Waals surface area (Å²) in [7, 11) is 2.10. The molecule has 6 rings (SSSR count). The van der Waals surface area contributed by atoms with Crippen molar-refractivity contribution in [1.29, 1.82) is 0 Å². The number of rotatable bonds is 1. The zero-order valence-electron chi connectivity index (χ0n) is 15.9. The number of hydrogen-bond acceptors (Lipinski definition) is 0. The van der Waals surface area contributed by atoms with Gasteiger partial charge in [0.25, 0.3) is 0 Å². The first-order chi connectivity index (χ1) is 14.3. The molecular weight excluding hydrogens is 354 g/mol. The van der Waals surface area contributed by atoms with Gasteiger partial charge in [0.05, 0.1) is 23.1 Å². The van der Waals surface area contributed by atoms with Crippen LogP contribution >= 0.6 is 0 Å². The molecule has 0 bridgehead atoms. The third-order valence-corrected chi connectivity index (χ3v) is 5.94. The minimum absolute atomic E-state index is 0.677. The van der Waals surface area contributed by atoms with E-state index in [1.807, 2.05) is 18.2 Å². The predicted octanol–water partition coefficient (Wildman–Crippen LogP) is 6.98. The lowest BCUT2D eigenvalue weighted by Crippen LogP contribution is -1.94. The van der Waals surface area contributed by atoms with Crippen LogP contribution in [-0.2, 0) is 7.05 Å². The van der Waals surface area contributed by atoms with Crippen LogP contribution in [0.25, 0.3) is 54.1 Å². The molecule has 29 heavy (non-hydrogen) atoms. The van der Waals surface area contributed by atoms with Gasteiger partial charge in [-0.1, -0.05) is 48.5 Å². The zero-order valence-corrected chi connectivity index (χ0v) is 15.9. The van der Waals surface area contributed by atoms with E-state index in [-0.39, 0.29) is 0 Å². The Morgan fingerprint density at radius 2 is 1.28 bits per heavy atom. The molecular formula is C26H17N3. The molecule has 0 saturated carbocycles. The average Bonchev–Trinajstić information content (AvgIpc) is 3.26. The topological polar surface area (TPSA) is 14.2 Å². The molecule has 0 amide bonds. The fourth-order valence-electron chi connectivity index (χ4n) is 4.60. The number of aryl methyl sites for hydroxylation is 1. The first-order valence-corrected chi connectivity index (χ1v) is 9.64. The first-order valence-electron chi connectivity index (χ1n) is 9.64. The Labute approximate surface area is 167 Å². The summed E-state index contributed by atoms with van der Waals surface area (Å²) in [5.41, 5.74) is 6.56. The molecule has 0 fully saturated rings. The van der Waals surface area contributed by atoms with Crippen LogP contribution in [-0.4, -0.2) is 9.13 Å². The van der Waals surface area contributed by atoms with Crippen LogP contribution in [0.1, 0.15) is 0 Å². The van der Waals surface area contributed by atoms with Crippen molar-refractivity contribution in [3.05, 3.63) is 96.3 Å².